The highest BCUT2D eigenvalue weighted by Gasteiger charge is 2.25. The van der Waals surface area contributed by atoms with Gasteiger partial charge in [-0.25, -0.2) is 0 Å². The number of hydrogen-bond acceptors (Lipinski definition) is 3. The van der Waals surface area contributed by atoms with Crippen LogP contribution in [-0.2, 0) is 4.74 Å². The van der Waals surface area contributed by atoms with Crippen LogP contribution in [0.5, 0.6) is 5.75 Å². The summed E-state index contributed by atoms with van der Waals surface area (Å²) in [6, 6.07) is 6.50. The summed E-state index contributed by atoms with van der Waals surface area (Å²) in [6.45, 7) is 11.3. The molecule has 0 bridgehead atoms. The Kier molecular flexibility index (Phi) is 6.07. The van der Waals surface area contributed by atoms with Crippen molar-refractivity contribution in [3.8, 4) is 5.75 Å². The summed E-state index contributed by atoms with van der Waals surface area (Å²) in [7, 11) is 0. The number of aryl methyl sites for hydroxylation is 1. The van der Waals surface area contributed by atoms with Crippen LogP contribution in [0.15, 0.2) is 18.2 Å². The molecule has 0 saturated carbocycles. The van der Waals surface area contributed by atoms with E-state index >= 15 is 0 Å². The predicted molar refractivity (Wildman–Crippen MR) is 87.2 cm³/mol. The Labute approximate surface area is 129 Å². The van der Waals surface area contributed by atoms with Gasteiger partial charge in [-0.1, -0.05) is 32.9 Å². The quantitative estimate of drug-likeness (QED) is 0.831. The average molecular weight is 291 g/mol. The Morgan fingerprint density at radius 3 is 2.76 bits per heavy atom. The van der Waals surface area contributed by atoms with Gasteiger partial charge in [-0.05, 0) is 49.4 Å². The van der Waals surface area contributed by atoms with Crippen molar-refractivity contribution in [1.29, 1.82) is 0 Å². The number of ether oxygens (including phenoxy) is 2. The lowest BCUT2D eigenvalue weighted by Gasteiger charge is -2.17. The van der Waals surface area contributed by atoms with Crippen LogP contribution in [0.4, 0.5) is 0 Å². The van der Waals surface area contributed by atoms with Crippen molar-refractivity contribution in [3.63, 3.8) is 0 Å². The van der Waals surface area contributed by atoms with Crippen molar-refractivity contribution < 1.29 is 9.47 Å². The van der Waals surface area contributed by atoms with Crippen LogP contribution in [0.1, 0.15) is 50.7 Å². The van der Waals surface area contributed by atoms with Crippen LogP contribution in [0.3, 0.4) is 0 Å². The van der Waals surface area contributed by atoms with Crippen molar-refractivity contribution >= 4 is 0 Å². The first-order valence-corrected chi connectivity index (χ1v) is 8.19. The van der Waals surface area contributed by atoms with Gasteiger partial charge in [0, 0.05) is 6.54 Å². The molecule has 1 saturated heterocycles. The van der Waals surface area contributed by atoms with Gasteiger partial charge < -0.3 is 14.8 Å². The number of nitrogens with one attached hydrogen (secondary N) is 1. The predicted octanol–water partition coefficient (Wildman–Crippen LogP) is 3.65. The van der Waals surface area contributed by atoms with Gasteiger partial charge in [0.05, 0.1) is 12.2 Å². The summed E-state index contributed by atoms with van der Waals surface area (Å²) < 4.78 is 12.0. The average Bonchev–Trinajstić information content (AvgIpc) is 2.92. The molecule has 0 aliphatic carbocycles. The van der Waals surface area contributed by atoms with Crippen LogP contribution >= 0.6 is 0 Å². The van der Waals surface area contributed by atoms with Gasteiger partial charge in [0.15, 0.2) is 0 Å². The first-order valence-electron chi connectivity index (χ1n) is 8.19. The van der Waals surface area contributed by atoms with Gasteiger partial charge in [0.25, 0.3) is 0 Å². The van der Waals surface area contributed by atoms with Crippen molar-refractivity contribution in [2.45, 2.75) is 58.7 Å². The molecule has 1 aromatic rings. The molecule has 1 aromatic carbocycles. The number of benzene rings is 1. The van der Waals surface area contributed by atoms with E-state index < -0.39 is 0 Å². The maximum Gasteiger partial charge on any atom is 0.122 e. The highest BCUT2D eigenvalue weighted by Crippen LogP contribution is 2.26. The van der Waals surface area contributed by atoms with E-state index in [1.807, 2.05) is 0 Å². The molecule has 1 heterocycles. The number of hydrogen-bond donors (Lipinski definition) is 1. The zero-order valence-electron chi connectivity index (χ0n) is 13.8. The van der Waals surface area contributed by atoms with Gasteiger partial charge in [-0.15, -0.1) is 0 Å². The zero-order chi connectivity index (χ0) is 15.2. The molecule has 0 aromatic heterocycles. The topological polar surface area (TPSA) is 30.5 Å². The van der Waals surface area contributed by atoms with Crippen molar-refractivity contribution in [2.24, 2.45) is 0 Å². The monoisotopic (exact) mass is 291 g/mol. The molecule has 118 valence electrons. The summed E-state index contributed by atoms with van der Waals surface area (Å²) in [4.78, 5) is 0. The lowest BCUT2D eigenvalue weighted by molar-refractivity contribution is 0.0186. The second-order valence-electron chi connectivity index (χ2n) is 6.26. The molecular formula is C18H29NO2. The van der Waals surface area contributed by atoms with Crippen LogP contribution in [-0.4, -0.2) is 31.9 Å². The number of likely N-dealkylation sites (N-methyl/N-ethyl adjacent to an activating group) is 1. The zero-order valence-corrected chi connectivity index (χ0v) is 13.8. The Morgan fingerprint density at radius 1 is 1.29 bits per heavy atom. The summed E-state index contributed by atoms with van der Waals surface area (Å²) in [5, 5.41) is 3.35. The SMILES string of the molecule is CCNCC1CCC(COc2cc(C(C)C)ccc2C)O1. The lowest BCUT2D eigenvalue weighted by atomic mass is 10.0. The maximum atomic E-state index is 6.02. The normalized spacial score (nSPS) is 22.0. The molecule has 0 radical (unpaired) electrons. The molecule has 21 heavy (non-hydrogen) atoms. The van der Waals surface area contributed by atoms with Crippen LogP contribution in [0, 0.1) is 6.92 Å². The van der Waals surface area contributed by atoms with E-state index in [9.17, 15) is 0 Å². The molecule has 0 spiro atoms. The largest absolute Gasteiger partial charge is 0.491 e. The first kappa shape index (κ1) is 16.3. The second-order valence-corrected chi connectivity index (χ2v) is 6.26. The van der Waals surface area contributed by atoms with Gasteiger partial charge >= 0.3 is 0 Å². The minimum atomic E-state index is 0.232. The van der Waals surface area contributed by atoms with Crippen molar-refractivity contribution in [2.75, 3.05) is 19.7 Å². The standard InChI is InChI=1S/C18H29NO2/c1-5-19-11-16-8-9-17(21-16)12-20-18-10-15(13(2)3)7-6-14(18)4/h6-7,10,13,16-17,19H,5,8-9,11-12H2,1-4H3. The Morgan fingerprint density at radius 2 is 2.05 bits per heavy atom. The molecule has 1 aliphatic heterocycles. The fourth-order valence-corrected chi connectivity index (χ4v) is 2.67. The number of rotatable bonds is 7. The Hall–Kier alpha value is -1.06. The van der Waals surface area contributed by atoms with Crippen molar-refractivity contribution in [1.82, 2.24) is 5.32 Å². The molecule has 0 amide bonds. The molecular weight excluding hydrogens is 262 g/mol. The fraction of sp³-hybridized carbons (Fsp3) is 0.667. The third-order valence-corrected chi connectivity index (χ3v) is 4.12. The van der Waals surface area contributed by atoms with Gasteiger partial charge in [-0.2, -0.15) is 0 Å². The van der Waals surface area contributed by atoms with E-state index in [1.165, 1.54) is 11.1 Å². The lowest BCUT2D eigenvalue weighted by Crippen LogP contribution is -2.28. The first-order chi connectivity index (χ1) is 10.1. The highest BCUT2D eigenvalue weighted by atomic mass is 16.5. The van der Waals surface area contributed by atoms with Crippen molar-refractivity contribution in [3.05, 3.63) is 29.3 Å². The summed E-state index contributed by atoms with van der Waals surface area (Å²) in [6.07, 6.45) is 2.81. The third-order valence-electron chi connectivity index (χ3n) is 4.12. The van der Waals surface area contributed by atoms with Crippen LogP contribution in [0.25, 0.3) is 0 Å². The van der Waals surface area contributed by atoms with E-state index in [0.29, 0.717) is 18.6 Å². The van der Waals surface area contributed by atoms with E-state index in [4.69, 9.17) is 9.47 Å². The van der Waals surface area contributed by atoms with E-state index in [1.54, 1.807) is 0 Å². The molecule has 2 unspecified atom stereocenters. The molecule has 1 N–H and O–H groups in total. The summed E-state index contributed by atoms with van der Waals surface area (Å²) >= 11 is 0. The molecule has 1 aliphatic rings. The Bertz CT molecular complexity index is 445. The van der Waals surface area contributed by atoms with Crippen LogP contribution in [0.2, 0.25) is 0 Å². The molecule has 1 fully saturated rings. The van der Waals surface area contributed by atoms with E-state index in [-0.39, 0.29) is 6.10 Å². The summed E-state index contributed by atoms with van der Waals surface area (Å²) in [5.74, 6) is 1.53. The second kappa shape index (κ2) is 7.81. The molecule has 3 nitrogen and oxygen atoms in total. The van der Waals surface area contributed by atoms with E-state index in [2.05, 4.69) is 51.2 Å². The molecule has 2 rings (SSSR count). The highest BCUT2D eigenvalue weighted by molar-refractivity contribution is 5.37. The minimum Gasteiger partial charge on any atom is -0.491 e. The molecule has 3 heteroatoms. The minimum absolute atomic E-state index is 0.232. The van der Waals surface area contributed by atoms with Gasteiger partial charge in [0.1, 0.15) is 12.4 Å². The van der Waals surface area contributed by atoms with E-state index in [0.717, 1.165) is 31.7 Å². The summed E-state index contributed by atoms with van der Waals surface area (Å²) in [5.41, 5.74) is 2.52. The van der Waals surface area contributed by atoms with Gasteiger partial charge in [-0.3, -0.25) is 0 Å². The van der Waals surface area contributed by atoms with Crippen LogP contribution < -0.4 is 10.1 Å². The van der Waals surface area contributed by atoms with Gasteiger partial charge in [0.2, 0.25) is 0 Å². The fourth-order valence-electron chi connectivity index (χ4n) is 2.67. The third kappa shape index (κ3) is 4.72. The Balaban J connectivity index is 1.85. The molecule has 2 atom stereocenters. The maximum absolute atomic E-state index is 6.02. The smallest absolute Gasteiger partial charge is 0.122 e.